The minimum absolute atomic E-state index is 0.573. The first-order valence-corrected chi connectivity index (χ1v) is 7.64. The minimum Gasteiger partial charge on any atom is -0.204 e. The summed E-state index contributed by atoms with van der Waals surface area (Å²) in [6, 6.07) is 11.4. The third-order valence-electron chi connectivity index (χ3n) is 4.53. The van der Waals surface area contributed by atoms with Crippen molar-refractivity contribution in [2.24, 2.45) is 5.92 Å². The fourth-order valence-corrected chi connectivity index (χ4v) is 3.20. The number of halogens is 2. The Hall–Kier alpha value is -1.70. The zero-order valence-electron chi connectivity index (χ0n) is 12.3. The van der Waals surface area contributed by atoms with Crippen LogP contribution in [0.25, 0.3) is 0 Å². The molecule has 0 heterocycles. The van der Waals surface area contributed by atoms with Gasteiger partial charge in [0.1, 0.15) is 0 Å². The molecule has 1 unspecified atom stereocenters. The summed E-state index contributed by atoms with van der Waals surface area (Å²) < 4.78 is 26.6. The van der Waals surface area contributed by atoms with Crippen molar-refractivity contribution in [2.75, 3.05) is 0 Å². The normalized spacial score (nSPS) is 17.6. The summed E-state index contributed by atoms with van der Waals surface area (Å²) in [4.78, 5) is 0. The molecule has 0 nitrogen and oxygen atoms in total. The van der Waals surface area contributed by atoms with Gasteiger partial charge in [0, 0.05) is 0 Å². The van der Waals surface area contributed by atoms with Gasteiger partial charge in [-0.3, -0.25) is 0 Å². The predicted molar refractivity (Wildman–Crippen MR) is 81.4 cm³/mol. The van der Waals surface area contributed by atoms with Gasteiger partial charge < -0.3 is 0 Å². The molecule has 1 aliphatic rings. The van der Waals surface area contributed by atoms with E-state index in [1.807, 2.05) is 0 Å². The smallest absolute Gasteiger partial charge is 0.159 e. The van der Waals surface area contributed by atoms with Gasteiger partial charge in [-0.05, 0) is 73.8 Å². The molecule has 2 aromatic carbocycles. The molecule has 110 valence electrons. The molecule has 0 aliphatic heterocycles. The van der Waals surface area contributed by atoms with Gasteiger partial charge in [-0.1, -0.05) is 29.8 Å². The number of rotatable bonds is 3. The molecule has 3 rings (SSSR count). The van der Waals surface area contributed by atoms with Crippen LogP contribution in [-0.4, -0.2) is 0 Å². The minimum atomic E-state index is -0.716. The van der Waals surface area contributed by atoms with Crippen LogP contribution in [0.5, 0.6) is 0 Å². The maximum absolute atomic E-state index is 13.3. The highest BCUT2D eigenvalue weighted by Crippen LogP contribution is 2.30. The van der Waals surface area contributed by atoms with E-state index in [2.05, 4.69) is 31.2 Å². The van der Waals surface area contributed by atoms with Crippen molar-refractivity contribution < 1.29 is 8.78 Å². The number of hydrogen-bond donors (Lipinski definition) is 0. The lowest BCUT2D eigenvalue weighted by atomic mass is 9.81. The van der Waals surface area contributed by atoms with Crippen molar-refractivity contribution in [1.82, 2.24) is 0 Å². The molecular formula is C19H20F2. The van der Waals surface area contributed by atoms with Crippen molar-refractivity contribution in [2.45, 2.75) is 39.0 Å². The van der Waals surface area contributed by atoms with Gasteiger partial charge in [-0.25, -0.2) is 8.78 Å². The Balaban J connectivity index is 1.63. The molecule has 0 N–H and O–H groups in total. The number of hydrogen-bond acceptors (Lipinski definition) is 0. The molecule has 0 fully saturated rings. The van der Waals surface area contributed by atoms with Crippen LogP contribution >= 0.6 is 0 Å². The van der Waals surface area contributed by atoms with E-state index < -0.39 is 11.6 Å². The average Bonchev–Trinajstić information content (AvgIpc) is 2.48. The van der Waals surface area contributed by atoms with Gasteiger partial charge >= 0.3 is 0 Å². The molecular weight excluding hydrogens is 266 g/mol. The van der Waals surface area contributed by atoms with E-state index in [-0.39, 0.29) is 0 Å². The fourth-order valence-electron chi connectivity index (χ4n) is 3.20. The summed E-state index contributed by atoms with van der Waals surface area (Å²) in [5, 5.41) is 0. The summed E-state index contributed by atoms with van der Waals surface area (Å²) >= 11 is 0. The van der Waals surface area contributed by atoms with E-state index in [1.165, 1.54) is 23.3 Å². The van der Waals surface area contributed by atoms with Crippen molar-refractivity contribution in [1.29, 1.82) is 0 Å². The highest BCUT2D eigenvalue weighted by atomic mass is 19.2. The molecule has 0 saturated heterocycles. The van der Waals surface area contributed by atoms with Gasteiger partial charge in [-0.2, -0.15) is 0 Å². The number of benzene rings is 2. The second-order valence-corrected chi connectivity index (χ2v) is 6.17. The largest absolute Gasteiger partial charge is 0.204 e. The van der Waals surface area contributed by atoms with E-state index >= 15 is 0 Å². The van der Waals surface area contributed by atoms with Gasteiger partial charge in [0.2, 0.25) is 0 Å². The van der Waals surface area contributed by atoms with E-state index in [1.54, 1.807) is 0 Å². The lowest BCUT2D eigenvalue weighted by Gasteiger charge is -2.24. The number of fused-ring (bicyclic) bond motifs is 1. The fraction of sp³-hybridized carbons (Fsp3) is 0.368. The lowest BCUT2D eigenvalue weighted by molar-refractivity contribution is 0.421. The third kappa shape index (κ3) is 3.31. The summed E-state index contributed by atoms with van der Waals surface area (Å²) in [5.41, 5.74) is 4.62. The molecule has 0 radical (unpaired) electrons. The van der Waals surface area contributed by atoms with E-state index in [0.717, 1.165) is 43.2 Å². The van der Waals surface area contributed by atoms with Crippen molar-refractivity contribution in [3.8, 4) is 0 Å². The Labute approximate surface area is 124 Å². The van der Waals surface area contributed by atoms with E-state index in [4.69, 9.17) is 0 Å². The Bertz CT molecular complexity index is 629. The second kappa shape index (κ2) is 5.97. The Kier molecular flexibility index (Phi) is 4.05. The first-order chi connectivity index (χ1) is 10.1. The Morgan fingerprint density at radius 3 is 2.38 bits per heavy atom. The van der Waals surface area contributed by atoms with Crippen LogP contribution in [0.1, 0.15) is 35.1 Å². The Morgan fingerprint density at radius 1 is 1.00 bits per heavy atom. The van der Waals surface area contributed by atoms with Crippen LogP contribution in [0.3, 0.4) is 0 Å². The maximum atomic E-state index is 13.3. The maximum Gasteiger partial charge on any atom is 0.159 e. The van der Waals surface area contributed by atoms with E-state index in [9.17, 15) is 8.78 Å². The van der Waals surface area contributed by atoms with Gasteiger partial charge in [0.15, 0.2) is 11.6 Å². The molecule has 0 saturated carbocycles. The lowest BCUT2D eigenvalue weighted by Crippen LogP contribution is -2.16. The highest BCUT2D eigenvalue weighted by Gasteiger charge is 2.20. The van der Waals surface area contributed by atoms with Crippen molar-refractivity contribution in [3.05, 3.63) is 70.3 Å². The Morgan fingerprint density at radius 2 is 1.67 bits per heavy atom. The van der Waals surface area contributed by atoms with Crippen molar-refractivity contribution >= 4 is 0 Å². The summed E-state index contributed by atoms with van der Waals surface area (Å²) in [5.74, 6) is -0.858. The molecule has 1 atom stereocenters. The molecule has 2 aromatic rings. The zero-order chi connectivity index (χ0) is 14.8. The predicted octanol–water partition coefficient (Wildman–Crippen LogP) is 5.01. The monoisotopic (exact) mass is 286 g/mol. The topological polar surface area (TPSA) is 0 Å². The molecule has 0 bridgehead atoms. The third-order valence-corrected chi connectivity index (χ3v) is 4.53. The summed E-state index contributed by atoms with van der Waals surface area (Å²) in [6.45, 7) is 2.09. The molecule has 0 aromatic heterocycles. The molecule has 1 aliphatic carbocycles. The van der Waals surface area contributed by atoms with Crippen LogP contribution < -0.4 is 0 Å². The van der Waals surface area contributed by atoms with Gasteiger partial charge in [0.25, 0.3) is 0 Å². The average molecular weight is 286 g/mol. The van der Waals surface area contributed by atoms with Crippen LogP contribution in [0.15, 0.2) is 36.4 Å². The standard InChI is InChI=1S/C19H20F2/c1-13-2-4-14(5-3-13)6-7-15-8-9-16-11-18(20)19(21)12-17(16)10-15/h2-5,11-12,15H,6-10H2,1H3. The highest BCUT2D eigenvalue weighted by molar-refractivity contribution is 5.31. The van der Waals surface area contributed by atoms with Gasteiger partial charge in [0.05, 0.1) is 0 Å². The molecule has 0 spiro atoms. The molecule has 2 heteroatoms. The quantitative estimate of drug-likeness (QED) is 0.744. The SMILES string of the molecule is Cc1ccc(CCC2CCc3cc(F)c(F)cc3C2)cc1. The molecule has 0 amide bonds. The number of aryl methyl sites for hydroxylation is 3. The van der Waals surface area contributed by atoms with Crippen LogP contribution in [-0.2, 0) is 19.3 Å². The van der Waals surface area contributed by atoms with Crippen LogP contribution in [0.4, 0.5) is 8.78 Å². The zero-order valence-corrected chi connectivity index (χ0v) is 12.3. The van der Waals surface area contributed by atoms with E-state index in [0.29, 0.717) is 5.92 Å². The van der Waals surface area contributed by atoms with Crippen LogP contribution in [0.2, 0.25) is 0 Å². The first-order valence-electron chi connectivity index (χ1n) is 7.64. The molecule has 21 heavy (non-hydrogen) atoms. The second-order valence-electron chi connectivity index (χ2n) is 6.17. The van der Waals surface area contributed by atoms with Crippen LogP contribution in [0, 0.1) is 24.5 Å². The first kappa shape index (κ1) is 14.2. The van der Waals surface area contributed by atoms with Gasteiger partial charge in [-0.15, -0.1) is 0 Å². The van der Waals surface area contributed by atoms with Crippen molar-refractivity contribution in [3.63, 3.8) is 0 Å². The summed E-state index contributed by atoms with van der Waals surface area (Å²) in [6.07, 6.45) is 4.98. The summed E-state index contributed by atoms with van der Waals surface area (Å²) in [7, 11) is 0.